The van der Waals surface area contributed by atoms with Crippen LogP contribution in [0.2, 0.25) is 0 Å². The summed E-state index contributed by atoms with van der Waals surface area (Å²) < 4.78 is 2.40. The van der Waals surface area contributed by atoms with Gasteiger partial charge in [-0.2, -0.15) is 0 Å². The third-order valence-corrected chi connectivity index (χ3v) is 6.88. The highest BCUT2D eigenvalue weighted by molar-refractivity contribution is 5.95. The molecule has 38 heavy (non-hydrogen) atoms. The zero-order chi connectivity index (χ0) is 26.9. The van der Waals surface area contributed by atoms with Gasteiger partial charge in [0.15, 0.2) is 0 Å². The first-order valence-corrected chi connectivity index (χ1v) is 13.6. The van der Waals surface area contributed by atoms with Crippen molar-refractivity contribution in [1.82, 2.24) is 14.9 Å². The number of rotatable bonds is 13. The van der Waals surface area contributed by atoms with Crippen molar-refractivity contribution in [3.05, 3.63) is 95.7 Å². The lowest BCUT2D eigenvalue weighted by Crippen LogP contribution is -2.25. The van der Waals surface area contributed by atoms with Crippen LogP contribution in [0.1, 0.15) is 73.6 Å². The highest BCUT2D eigenvalue weighted by Crippen LogP contribution is 2.36. The number of nitrogens with zero attached hydrogens (tertiary/aromatic N) is 2. The summed E-state index contributed by atoms with van der Waals surface area (Å²) in [5.74, 6) is 0.259. The molecule has 0 radical (unpaired) electrons. The monoisotopic (exact) mass is 510 g/mol. The van der Waals surface area contributed by atoms with Crippen molar-refractivity contribution in [3.63, 3.8) is 0 Å². The fourth-order valence-electron chi connectivity index (χ4n) is 4.86. The molecule has 1 amide bonds. The molecule has 6 heteroatoms. The number of amides is 1. The summed E-state index contributed by atoms with van der Waals surface area (Å²) in [6, 6.07) is 25.9. The Morgan fingerprint density at radius 3 is 2.21 bits per heavy atom. The summed E-state index contributed by atoms with van der Waals surface area (Å²) in [6.45, 7) is 5.84. The Balaban J connectivity index is 1.80. The smallest absolute Gasteiger partial charge is 0.252 e. The molecule has 3 aromatic carbocycles. The van der Waals surface area contributed by atoms with Gasteiger partial charge in [0, 0.05) is 30.3 Å². The van der Waals surface area contributed by atoms with Crippen molar-refractivity contribution < 1.29 is 9.90 Å². The zero-order valence-corrected chi connectivity index (χ0v) is 22.4. The average Bonchev–Trinajstić information content (AvgIpc) is 3.32. The minimum absolute atomic E-state index is 0.0462. The van der Waals surface area contributed by atoms with E-state index in [1.54, 1.807) is 12.1 Å². The Labute approximate surface area is 225 Å². The second kappa shape index (κ2) is 13.1. The molecular formula is C32H38N4O2. The lowest BCUT2D eigenvalue weighted by Gasteiger charge is -2.23. The lowest BCUT2D eigenvalue weighted by atomic mass is 10.00. The van der Waals surface area contributed by atoms with Gasteiger partial charge in [0.25, 0.3) is 5.91 Å². The van der Waals surface area contributed by atoms with Crippen molar-refractivity contribution in [3.8, 4) is 28.4 Å². The largest absolute Gasteiger partial charge is 0.507 e. The molecule has 198 valence electrons. The Bertz CT molecular complexity index is 1330. The van der Waals surface area contributed by atoms with Crippen LogP contribution in [0.5, 0.6) is 5.75 Å². The summed E-state index contributed by atoms with van der Waals surface area (Å²) in [5, 5.41) is 14.1. The molecule has 4 rings (SSSR count). The molecule has 1 heterocycles. The zero-order valence-electron chi connectivity index (χ0n) is 22.4. The van der Waals surface area contributed by atoms with Crippen molar-refractivity contribution in [2.75, 3.05) is 0 Å². The van der Waals surface area contributed by atoms with E-state index in [-0.39, 0.29) is 17.4 Å². The molecule has 0 bridgehead atoms. The van der Waals surface area contributed by atoms with Crippen LogP contribution in [0.4, 0.5) is 0 Å². The number of benzene rings is 3. The Hall–Kier alpha value is -3.90. The van der Waals surface area contributed by atoms with E-state index in [9.17, 15) is 9.90 Å². The molecule has 0 spiro atoms. The standard InChI is InChI=1S/C32H38N4O2/c1-3-5-17-27(34-22-23-18-19-26(31(33)38)28(37)21-23)30-29(24-13-9-7-10-14-24)35-32(36(30)20-6-4-2)25-15-11-8-12-16-25/h7-16,18-19,21,27,34,37H,3-6,17,20,22H2,1-2H3,(H2,33,38). The second-order valence-corrected chi connectivity index (χ2v) is 9.70. The van der Waals surface area contributed by atoms with Gasteiger partial charge < -0.3 is 20.7 Å². The third kappa shape index (κ3) is 6.32. The molecule has 6 nitrogen and oxygen atoms in total. The fourth-order valence-corrected chi connectivity index (χ4v) is 4.86. The number of hydrogen-bond acceptors (Lipinski definition) is 4. The second-order valence-electron chi connectivity index (χ2n) is 9.70. The van der Waals surface area contributed by atoms with Gasteiger partial charge >= 0.3 is 0 Å². The van der Waals surface area contributed by atoms with Crippen molar-refractivity contribution in [1.29, 1.82) is 0 Å². The van der Waals surface area contributed by atoms with Crippen LogP contribution in [-0.2, 0) is 13.1 Å². The molecule has 1 unspecified atom stereocenters. The number of primary amides is 1. The van der Waals surface area contributed by atoms with E-state index in [0.29, 0.717) is 6.54 Å². The summed E-state index contributed by atoms with van der Waals surface area (Å²) in [7, 11) is 0. The molecule has 0 saturated heterocycles. The summed E-state index contributed by atoms with van der Waals surface area (Å²) >= 11 is 0. The van der Waals surface area contributed by atoms with Crippen molar-refractivity contribution >= 4 is 5.91 Å². The van der Waals surface area contributed by atoms with E-state index in [1.165, 1.54) is 5.69 Å². The van der Waals surface area contributed by atoms with Gasteiger partial charge in [-0.3, -0.25) is 4.79 Å². The van der Waals surface area contributed by atoms with Crippen LogP contribution in [0.15, 0.2) is 78.9 Å². The number of carbonyl (C=O) groups excluding carboxylic acids is 1. The topological polar surface area (TPSA) is 93.2 Å². The predicted octanol–water partition coefficient (Wildman–Crippen LogP) is 6.84. The quantitative estimate of drug-likeness (QED) is 0.183. The minimum Gasteiger partial charge on any atom is -0.507 e. The third-order valence-electron chi connectivity index (χ3n) is 6.88. The maximum Gasteiger partial charge on any atom is 0.252 e. The molecule has 0 aliphatic carbocycles. The van der Waals surface area contributed by atoms with E-state index >= 15 is 0 Å². The Morgan fingerprint density at radius 1 is 0.947 bits per heavy atom. The predicted molar refractivity (Wildman–Crippen MR) is 154 cm³/mol. The maximum atomic E-state index is 11.6. The highest BCUT2D eigenvalue weighted by atomic mass is 16.3. The highest BCUT2D eigenvalue weighted by Gasteiger charge is 2.26. The van der Waals surface area contributed by atoms with E-state index in [4.69, 9.17) is 10.7 Å². The summed E-state index contributed by atoms with van der Waals surface area (Å²) in [5.41, 5.74) is 10.8. The van der Waals surface area contributed by atoms with Crippen LogP contribution in [-0.4, -0.2) is 20.6 Å². The van der Waals surface area contributed by atoms with Crippen LogP contribution < -0.4 is 11.1 Å². The molecular weight excluding hydrogens is 472 g/mol. The first-order valence-electron chi connectivity index (χ1n) is 13.6. The molecule has 0 saturated carbocycles. The molecule has 4 aromatic rings. The summed E-state index contributed by atoms with van der Waals surface area (Å²) in [4.78, 5) is 16.8. The lowest BCUT2D eigenvalue weighted by molar-refractivity contribution is 0.0997. The number of aromatic hydroxyl groups is 1. The van der Waals surface area contributed by atoms with Crippen LogP contribution >= 0.6 is 0 Å². The van der Waals surface area contributed by atoms with Gasteiger partial charge in [0.05, 0.1) is 17.0 Å². The van der Waals surface area contributed by atoms with E-state index < -0.39 is 5.91 Å². The number of imidazole rings is 1. The van der Waals surface area contributed by atoms with Crippen molar-refractivity contribution in [2.24, 2.45) is 5.73 Å². The molecule has 0 aliphatic rings. The molecule has 4 N–H and O–H groups in total. The average molecular weight is 511 g/mol. The number of nitrogens with two attached hydrogens (primary N) is 1. The van der Waals surface area contributed by atoms with Crippen molar-refractivity contribution in [2.45, 2.75) is 65.1 Å². The molecule has 1 aromatic heterocycles. The van der Waals surface area contributed by atoms with Gasteiger partial charge in [-0.05, 0) is 30.5 Å². The summed E-state index contributed by atoms with van der Waals surface area (Å²) in [6.07, 6.45) is 5.25. The van der Waals surface area contributed by atoms with Gasteiger partial charge in [0.2, 0.25) is 0 Å². The number of nitrogens with one attached hydrogen (secondary N) is 1. The van der Waals surface area contributed by atoms with E-state index in [1.807, 2.05) is 18.2 Å². The molecule has 0 aliphatic heterocycles. The van der Waals surface area contributed by atoms with Gasteiger partial charge in [0.1, 0.15) is 11.6 Å². The first kappa shape index (κ1) is 27.1. The Kier molecular flexibility index (Phi) is 9.33. The number of unbranched alkanes of at least 4 members (excludes halogenated alkanes) is 2. The normalized spacial score (nSPS) is 11.9. The van der Waals surface area contributed by atoms with E-state index in [2.05, 4.69) is 72.3 Å². The number of hydrogen-bond donors (Lipinski definition) is 3. The van der Waals surface area contributed by atoms with Gasteiger partial charge in [-0.1, -0.05) is 99.8 Å². The maximum absolute atomic E-state index is 11.6. The Morgan fingerprint density at radius 2 is 1.61 bits per heavy atom. The van der Waals surface area contributed by atoms with E-state index in [0.717, 1.165) is 66.9 Å². The number of carbonyl (C=O) groups is 1. The van der Waals surface area contributed by atoms with Crippen LogP contribution in [0.3, 0.4) is 0 Å². The molecule has 1 atom stereocenters. The SMILES string of the molecule is CCCCC(NCc1ccc(C(N)=O)c(O)c1)c1c(-c2ccccc2)nc(-c2ccccc2)n1CCCC. The number of phenols is 1. The van der Waals surface area contributed by atoms with Crippen LogP contribution in [0.25, 0.3) is 22.6 Å². The fraction of sp³-hybridized carbons (Fsp3) is 0.312. The minimum atomic E-state index is -0.636. The number of aromatic nitrogens is 2. The van der Waals surface area contributed by atoms with Crippen LogP contribution in [0, 0.1) is 0 Å². The van der Waals surface area contributed by atoms with Gasteiger partial charge in [-0.25, -0.2) is 4.98 Å². The van der Waals surface area contributed by atoms with Gasteiger partial charge in [-0.15, -0.1) is 0 Å². The molecule has 0 fully saturated rings. The first-order chi connectivity index (χ1) is 18.5.